The number of ether oxygens (including phenoxy) is 2. The van der Waals surface area contributed by atoms with E-state index in [-0.39, 0.29) is 31.6 Å². The van der Waals surface area contributed by atoms with E-state index in [4.69, 9.17) is 44.1 Å². The number of nitrogens with zero attached hydrogens (tertiary/aromatic N) is 2. The summed E-state index contributed by atoms with van der Waals surface area (Å²) in [6.07, 6.45) is 0. The predicted octanol–water partition coefficient (Wildman–Crippen LogP) is 5.61. The molecule has 2 aromatic carbocycles. The van der Waals surface area contributed by atoms with Crippen molar-refractivity contribution in [3.63, 3.8) is 0 Å². The average molecular weight is 567 g/mol. The van der Waals surface area contributed by atoms with E-state index in [0.29, 0.717) is 23.3 Å². The summed E-state index contributed by atoms with van der Waals surface area (Å²) in [4.78, 5) is 8.24. The Kier molecular flexibility index (Phi) is 8.63. The van der Waals surface area contributed by atoms with Crippen molar-refractivity contribution >= 4 is 67.1 Å². The molecule has 0 unspecified atom stereocenters. The van der Waals surface area contributed by atoms with Crippen molar-refractivity contribution in [2.75, 3.05) is 13.2 Å². The molecule has 0 saturated heterocycles. The topological polar surface area (TPSA) is 95.2 Å². The van der Waals surface area contributed by atoms with Crippen LogP contribution in [-0.4, -0.2) is 25.3 Å². The molecular weight excluding hydrogens is 547 g/mol. The molecule has 2 heterocycles. The molecule has 2 atom stereocenters. The zero-order valence-electron chi connectivity index (χ0n) is 14.4. The molecule has 0 aliphatic carbocycles. The maximum Gasteiger partial charge on any atom is 0.282 e. The molecule has 2 aliphatic rings. The predicted molar refractivity (Wildman–Crippen MR) is 126 cm³/mol. The second-order valence-electron chi connectivity index (χ2n) is 5.92. The van der Waals surface area contributed by atoms with Gasteiger partial charge >= 0.3 is 0 Å². The molecule has 0 radical (unpaired) electrons. The van der Waals surface area contributed by atoms with Crippen LogP contribution in [0.15, 0.2) is 55.3 Å². The van der Waals surface area contributed by atoms with Gasteiger partial charge in [0.05, 0.1) is 0 Å². The summed E-state index contributed by atoms with van der Waals surface area (Å²) < 4.78 is 12.0. The third-order valence-electron chi connectivity index (χ3n) is 3.99. The summed E-state index contributed by atoms with van der Waals surface area (Å²) in [7, 11) is 0. The Morgan fingerprint density at radius 1 is 0.793 bits per heavy atom. The first kappa shape index (κ1) is 23.8. The van der Waals surface area contributed by atoms with Crippen molar-refractivity contribution in [1.82, 2.24) is 0 Å². The van der Waals surface area contributed by atoms with Crippen molar-refractivity contribution in [2.24, 2.45) is 21.5 Å². The zero-order chi connectivity index (χ0) is 20.3. The van der Waals surface area contributed by atoms with Gasteiger partial charge in [-0.25, -0.2) is 9.98 Å². The first-order valence-electron chi connectivity index (χ1n) is 8.15. The Morgan fingerprint density at radius 3 is 1.45 bits per heavy atom. The molecule has 0 bridgehead atoms. The van der Waals surface area contributed by atoms with Crippen LogP contribution in [0.25, 0.3) is 0 Å². The summed E-state index contributed by atoms with van der Waals surface area (Å²) in [6.45, 7) is 0.931. The van der Waals surface area contributed by atoms with Crippen molar-refractivity contribution < 1.29 is 9.47 Å². The molecule has 2 aromatic rings. The third kappa shape index (κ3) is 6.25. The number of rotatable bonds is 2. The summed E-state index contributed by atoms with van der Waals surface area (Å²) in [5.74, 6) is 0. The monoisotopic (exact) mass is 564 g/mol. The van der Waals surface area contributed by atoms with E-state index >= 15 is 0 Å². The van der Waals surface area contributed by atoms with E-state index in [1.807, 2.05) is 36.4 Å². The van der Waals surface area contributed by atoms with Gasteiger partial charge in [0.1, 0.15) is 25.3 Å². The highest BCUT2D eigenvalue weighted by atomic mass is 79.9. The minimum Gasteiger partial charge on any atom is -0.463 e. The number of benzene rings is 2. The van der Waals surface area contributed by atoms with Crippen LogP contribution >= 0.6 is 55.1 Å². The van der Waals surface area contributed by atoms with Gasteiger partial charge < -0.3 is 20.9 Å². The van der Waals surface area contributed by atoms with Gasteiger partial charge in [0.25, 0.3) is 12.0 Å². The molecule has 156 valence electrons. The Morgan fingerprint density at radius 2 is 1.17 bits per heavy atom. The number of hydrogen-bond donors (Lipinski definition) is 2. The lowest BCUT2D eigenvalue weighted by molar-refractivity contribution is 0.315. The summed E-state index contributed by atoms with van der Waals surface area (Å²) in [5.41, 5.74) is 12.7. The van der Waals surface area contributed by atoms with E-state index in [2.05, 4.69) is 41.8 Å². The van der Waals surface area contributed by atoms with Crippen molar-refractivity contribution in [1.29, 1.82) is 0 Å². The highest BCUT2D eigenvalue weighted by Crippen LogP contribution is 2.31. The Balaban J connectivity index is 0.000000200. The number of aliphatic imine (C=N–C) groups is 2. The number of hydrogen-bond acceptors (Lipinski definition) is 6. The fourth-order valence-electron chi connectivity index (χ4n) is 2.65. The fourth-order valence-corrected chi connectivity index (χ4v) is 4.25. The molecule has 4 N–H and O–H groups in total. The maximum absolute atomic E-state index is 6.06. The van der Waals surface area contributed by atoms with Gasteiger partial charge in [-0.1, -0.05) is 74.6 Å². The normalized spacial score (nSPS) is 19.7. The van der Waals surface area contributed by atoms with Gasteiger partial charge in [-0.05, 0) is 35.4 Å². The van der Waals surface area contributed by atoms with Crippen molar-refractivity contribution in [3.05, 3.63) is 66.5 Å². The van der Waals surface area contributed by atoms with E-state index in [1.165, 1.54) is 0 Å². The second kappa shape index (κ2) is 10.5. The first-order valence-corrected chi connectivity index (χ1v) is 10.5. The Labute approximate surface area is 196 Å². The highest BCUT2D eigenvalue weighted by molar-refractivity contribution is 9.10. The van der Waals surface area contributed by atoms with Gasteiger partial charge in [-0.3, -0.25) is 0 Å². The molecule has 0 aromatic heterocycles. The van der Waals surface area contributed by atoms with Crippen molar-refractivity contribution in [2.45, 2.75) is 19.5 Å². The van der Waals surface area contributed by atoms with Gasteiger partial charge in [-0.2, -0.15) is 0 Å². The molecule has 10 heteroatoms. The van der Waals surface area contributed by atoms with E-state index in [1.54, 1.807) is 0 Å². The fraction of sp³-hybridized carbons (Fsp3) is 0.263. The van der Waals surface area contributed by atoms with E-state index < -0.39 is 0 Å². The van der Waals surface area contributed by atoms with Crippen LogP contribution in [0, 0.1) is 0 Å². The lowest BCUT2D eigenvalue weighted by Gasteiger charge is -2.07. The van der Waals surface area contributed by atoms with Crippen LogP contribution in [0.4, 0.5) is 0 Å². The lowest BCUT2D eigenvalue weighted by Crippen LogP contribution is -2.10. The van der Waals surface area contributed by atoms with Gasteiger partial charge in [0, 0.05) is 19.0 Å². The molecule has 2 aliphatic heterocycles. The van der Waals surface area contributed by atoms with Crippen LogP contribution in [-0.2, 0) is 9.47 Å². The Hall–Kier alpha value is -1.48. The van der Waals surface area contributed by atoms with Gasteiger partial charge in [0.2, 0.25) is 0 Å². The highest BCUT2D eigenvalue weighted by Gasteiger charge is 2.21. The number of nitrogens with two attached hydrogens (primary N) is 2. The maximum atomic E-state index is 6.06. The van der Waals surface area contributed by atoms with Crippen molar-refractivity contribution in [3.8, 4) is 0 Å². The second-order valence-corrected chi connectivity index (χ2v) is 8.57. The van der Waals surface area contributed by atoms with Crippen LogP contribution in [0.2, 0.25) is 10.0 Å². The van der Waals surface area contributed by atoms with E-state index in [9.17, 15) is 0 Å². The first-order chi connectivity index (χ1) is 13.3. The van der Waals surface area contributed by atoms with Crippen LogP contribution in [0.5, 0.6) is 0 Å². The number of halogens is 4. The smallest absolute Gasteiger partial charge is 0.282 e. The average Bonchev–Trinajstić information content (AvgIpc) is 3.24. The minimum absolute atomic E-state index is 0. The molecule has 4 rings (SSSR count). The summed E-state index contributed by atoms with van der Waals surface area (Å²) in [5, 5.41) is 1.35. The Bertz CT molecular complexity index is 865. The van der Waals surface area contributed by atoms with Gasteiger partial charge in [0.15, 0.2) is 0 Å². The molecule has 6 nitrogen and oxygen atoms in total. The number of amidine groups is 2. The molecule has 0 spiro atoms. The van der Waals surface area contributed by atoms with Gasteiger partial charge in [-0.15, -0.1) is 0 Å². The molecular formula is C19H20Br2Cl2N4O2. The molecule has 0 amide bonds. The zero-order valence-corrected chi connectivity index (χ0v) is 19.1. The lowest BCUT2D eigenvalue weighted by atomic mass is 10.1. The quantitative estimate of drug-likeness (QED) is 0.494. The summed E-state index contributed by atoms with van der Waals surface area (Å²) >= 11 is 18.8. The van der Waals surface area contributed by atoms with Crippen LogP contribution in [0.1, 0.15) is 30.6 Å². The van der Waals surface area contributed by atoms with Crippen LogP contribution < -0.4 is 11.5 Å². The molecule has 29 heavy (non-hydrogen) atoms. The molecule has 0 fully saturated rings. The largest absolute Gasteiger partial charge is 0.463 e. The molecule has 0 saturated carbocycles. The van der Waals surface area contributed by atoms with Crippen LogP contribution in [0.3, 0.4) is 0 Å². The third-order valence-corrected chi connectivity index (χ3v) is 5.63. The summed E-state index contributed by atoms with van der Waals surface area (Å²) in [6, 6.07) is 11.7. The van der Waals surface area contributed by atoms with E-state index in [0.717, 1.165) is 20.1 Å². The standard InChI is InChI=1S/2C9H8BrClN2O.CH4/c2*10-5-1-2-6(7(11)3-5)8-4-14-9(12)13-8;/h2*1-3,8H,4H2,(H2,12,13);1H4/t2*8-;/m10./s1. The minimum atomic E-state index is -0.0735. The SMILES string of the molecule is C.NC1=N[C@@H](c2ccc(Br)cc2Cl)CO1.NC1=N[C@H](c2ccc(Br)cc2Cl)CO1.